The van der Waals surface area contributed by atoms with E-state index >= 15 is 0 Å². The van der Waals surface area contributed by atoms with Gasteiger partial charge in [0.15, 0.2) is 10.8 Å². The number of carbonyl (C=O) groups is 2. The number of rotatable bonds is 5. The molecule has 1 amide bonds. The van der Waals surface area contributed by atoms with Crippen LogP contribution >= 0.6 is 11.8 Å². The zero-order valence-electron chi connectivity index (χ0n) is 14.0. The second-order valence-corrected chi connectivity index (χ2v) is 6.73. The average Bonchev–Trinajstić information content (AvgIpc) is 3.10. The second kappa shape index (κ2) is 7.08. The lowest BCUT2D eigenvalue weighted by Crippen LogP contribution is -2.14. The molecule has 8 heteroatoms. The highest BCUT2D eigenvalue weighted by molar-refractivity contribution is 7.99. The molecule has 134 valence electrons. The van der Waals surface area contributed by atoms with Crippen LogP contribution in [0.5, 0.6) is 0 Å². The molecule has 0 spiro atoms. The van der Waals surface area contributed by atoms with Crippen molar-refractivity contribution in [1.82, 2.24) is 14.6 Å². The number of pyridine rings is 1. The number of benzene rings is 2. The first kappa shape index (κ1) is 17.0. The van der Waals surface area contributed by atoms with Crippen LogP contribution in [0.1, 0.15) is 10.4 Å². The van der Waals surface area contributed by atoms with Gasteiger partial charge in [0.05, 0.1) is 16.8 Å². The number of carboxylic acids is 1. The first-order chi connectivity index (χ1) is 13.1. The molecule has 0 fully saturated rings. The van der Waals surface area contributed by atoms with Crippen LogP contribution in [0.2, 0.25) is 0 Å². The molecule has 0 saturated heterocycles. The standard InChI is InChI=1S/C19H14N4O3S/c24-17(20-14-8-5-13(6-9-14)18(25)26)11-27-19-22-21-16-10-7-12-3-1-2-4-15(12)23(16)19/h1-10H,11H2,(H,20,24)(H,25,26). The molecule has 0 saturated carbocycles. The largest absolute Gasteiger partial charge is 0.478 e. The van der Waals surface area contributed by atoms with Gasteiger partial charge in [0.1, 0.15) is 0 Å². The summed E-state index contributed by atoms with van der Waals surface area (Å²) < 4.78 is 1.93. The van der Waals surface area contributed by atoms with E-state index in [-0.39, 0.29) is 17.2 Å². The minimum absolute atomic E-state index is 0.157. The highest BCUT2D eigenvalue weighted by atomic mass is 32.2. The van der Waals surface area contributed by atoms with Gasteiger partial charge in [-0.05, 0) is 47.9 Å². The predicted molar refractivity (Wildman–Crippen MR) is 103 cm³/mol. The molecule has 2 aromatic heterocycles. The molecule has 0 aliphatic carbocycles. The molecular formula is C19H14N4O3S. The normalized spacial score (nSPS) is 11.0. The molecule has 0 bridgehead atoms. The summed E-state index contributed by atoms with van der Waals surface area (Å²) in [6.45, 7) is 0. The predicted octanol–water partition coefficient (Wildman–Crippen LogP) is 3.31. The van der Waals surface area contributed by atoms with Gasteiger partial charge in [-0.2, -0.15) is 0 Å². The van der Waals surface area contributed by atoms with Crippen LogP contribution in [-0.4, -0.2) is 37.3 Å². The summed E-state index contributed by atoms with van der Waals surface area (Å²) in [6, 6.07) is 17.8. The number of hydrogen-bond acceptors (Lipinski definition) is 5. The average molecular weight is 378 g/mol. The topological polar surface area (TPSA) is 96.6 Å². The Kier molecular flexibility index (Phi) is 4.47. The number of hydrogen-bond donors (Lipinski definition) is 2. The molecule has 2 aromatic carbocycles. The van der Waals surface area contributed by atoms with Crippen LogP contribution in [0.25, 0.3) is 16.6 Å². The Morgan fingerprint density at radius 2 is 1.78 bits per heavy atom. The van der Waals surface area contributed by atoms with Crippen molar-refractivity contribution in [3.8, 4) is 0 Å². The summed E-state index contributed by atoms with van der Waals surface area (Å²) in [5.41, 5.74) is 2.42. The third-order valence-electron chi connectivity index (χ3n) is 4.00. The summed E-state index contributed by atoms with van der Waals surface area (Å²) in [5.74, 6) is -1.06. The van der Waals surface area contributed by atoms with E-state index in [1.807, 2.05) is 40.8 Å². The Morgan fingerprint density at radius 1 is 1.00 bits per heavy atom. The van der Waals surface area contributed by atoms with Crippen molar-refractivity contribution in [3.63, 3.8) is 0 Å². The zero-order chi connectivity index (χ0) is 18.8. The van der Waals surface area contributed by atoms with Crippen LogP contribution < -0.4 is 5.32 Å². The molecule has 27 heavy (non-hydrogen) atoms. The summed E-state index contributed by atoms with van der Waals surface area (Å²) in [7, 11) is 0. The van der Waals surface area contributed by atoms with Gasteiger partial charge in [0.25, 0.3) is 0 Å². The van der Waals surface area contributed by atoms with Crippen LogP contribution in [0.4, 0.5) is 5.69 Å². The van der Waals surface area contributed by atoms with Crippen molar-refractivity contribution in [2.24, 2.45) is 0 Å². The fourth-order valence-corrected chi connectivity index (χ4v) is 3.48. The Balaban J connectivity index is 1.49. The quantitative estimate of drug-likeness (QED) is 0.517. The summed E-state index contributed by atoms with van der Waals surface area (Å²) in [6.07, 6.45) is 0. The molecule has 0 aliphatic heterocycles. The number of nitrogens with zero attached hydrogens (tertiary/aromatic N) is 3. The fraction of sp³-hybridized carbons (Fsp3) is 0.0526. The van der Waals surface area contributed by atoms with E-state index in [4.69, 9.17) is 5.11 Å². The van der Waals surface area contributed by atoms with Crippen molar-refractivity contribution in [1.29, 1.82) is 0 Å². The Hall–Kier alpha value is -3.39. The van der Waals surface area contributed by atoms with Gasteiger partial charge in [-0.25, -0.2) is 4.79 Å². The number of aromatic nitrogens is 3. The van der Waals surface area contributed by atoms with Gasteiger partial charge in [0, 0.05) is 5.69 Å². The maximum atomic E-state index is 12.2. The first-order valence-corrected chi connectivity index (χ1v) is 9.09. The van der Waals surface area contributed by atoms with Crippen LogP contribution in [0.3, 0.4) is 0 Å². The third kappa shape index (κ3) is 3.47. The van der Waals surface area contributed by atoms with Crippen LogP contribution in [-0.2, 0) is 4.79 Å². The Labute approximate surface area is 158 Å². The van der Waals surface area contributed by atoms with Crippen molar-refractivity contribution >= 4 is 45.9 Å². The molecular weight excluding hydrogens is 364 g/mol. The van der Waals surface area contributed by atoms with Gasteiger partial charge >= 0.3 is 5.97 Å². The van der Waals surface area contributed by atoms with Crippen molar-refractivity contribution in [2.45, 2.75) is 5.16 Å². The number of amides is 1. The number of aromatic carboxylic acids is 1. The monoisotopic (exact) mass is 378 g/mol. The van der Waals surface area contributed by atoms with E-state index in [0.717, 1.165) is 16.6 Å². The van der Waals surface area contributed by atoms with Crippen molar-refractivity contribution < 1.29 is 14.7 Å². The maximum Gasteiger partial charge on any atom is 0.335 e. The molecule has 0 radical (unpaired) electrons. The van der Waals surface area contributed by atoms with Gasteiger partial charge < -0.3 is 10.4 Å². The minimum Gasteiger partial charge on any atom is -0.478 e. The maximum absolute atomic E-state index is 12.2. The van der Waals surface area contributed by atoms with Crippen LogP contribution in [0.15, 0.2) is 65.8 Å². The minimum atomic E-state index is -1.01. The highest BCUT2D eigenvalue weighted by Crippen LogP contribution is 2.23. The summed E-state index contributed by atoms with van der Waals surface area (Å²) in [5, 5.41) is 21.7. The zero-order valence-corrected chi connectivity index (χ0v) is 14.8. The van der Waals surface area contributed by atoms with Gasteiger partial charge in [0.2, 0.25) is 5.91 Å². The molecule has 0 aliphatic rings. The smallest absolute Gasteiger partial charge is 0.335 e. The van der Waals surface area contributed by atoms with Gasteiger partial charge in [-0.1, -0.05) is 30.0 Å². The molecule has 0 atom stereocenters. The van der Waals surface area contributed by atoms with Gasteiger partial charge in [-0.3, -0.25) is 9.20 Å². The lowest BCUT2D eigenvalue weighted by atomic mass is 10.2. The highest BCUT2D eigenvalue weighted by Gasteiger charge is 2.12. The summed E-state index contributed by atoms with van der Waals surface area (Å²) in [4.78, 5) is 23.1. The SMILES string of the molecule is O=C(CSc1nnc2ccc3ccccc3n12)Nc1ccc(C(=O)O)cc1. The molecule has 7 nitrogen and oxygen atoms in total. The molecule has 2 N–H and O–H groups in total. The second-order valence-electron chi connectivity index (χ2n) is 5.79. The number of anilines is 1. The number of nitrogens with one attached hydrogen (secondary N) is 1. The molecule has 0 unspecified atom stereocenters. The number of carboxylic acid groups (broad SMARTS) is 1. The number of carbonyl (C=O) groups excluding carboxylic acids is 1. The fourth-order valence-electron chi connectivity index (χ4n) is 2.73. The van der Waals surface area contributed by atoms with E-state index in [1.54, 1.807) is 12.1 Å². The van der Waals surface area contributed by atoms with E-state index in [1.165, 1.54) is 23.9 Å². The lowest BCUT2D eigenvalue weighted by Gasteiger charge is -2.06. The lowest BCUT2D eigenvalue weighted by molar-refractivity contribution is -0.113. The first-order valence-electron chi connectivity index (χ1n) is 8.11. The Morgan fingerprint density at radius 3 is 2.56 bits per heavy atom. The summed E-state index contributed by atoms with van der Waals surface area (Å²) >= 11 is 1.29. The van der Waals surface area contributed by atoms with E-state index in [9.17, 15) is 9.59 Å². The molecule has 4 rings (SSSR count). The van der Waals surface area contributed by atoms with Crippen molar-refractivity contribution in [3.05, 3.63) is 66.2 Å². The molecule has 2 heterocycles. The van der Waals surface area contributed by atoms with E-state index < -0.39 is 5.97 Å². The number of thioether (sulfide) groups is 1. The number of fused-ring (bicyclic) bond motifs is 3. The number of para-hydroxylation sites is 1. The van der Waals surface area contributed by atoms with Crippen LogP contribution in [0, 0.1) is 0 Å². The van der Waals surface area contributed by atoms with Gasteiger partial charge in [-0.15, -0.1) is 10.2 Å². The third-order valence-corrected chi connectivity index (χ3v) is 4.92. The molecule has 4 aromatic rings. The van der Waals surface area contributed by atoms with E-state index in [0.29, 0.717) is 10.8 Å². The van der Waals surface area contributed by atoms with E-state index in [2.05, 4.69) is 15.5 Å². The Bertz CT molecular complexity index is 1150. The van der Waals surface area contributed by atoms with Crippen molar-refractivity contribution in [2.75, 3.05) is 11.1 Å².